The van der Waals surface area contributed by atoms with Crippen molar-refractivity contribution in [3.63, 3.8) is 0 Å². The van der Waals surface area contributed by atoms with Crippen LogP contribution in [0.5, 0.6) is 0 Å². The molecule has 4 nitrogen and oxygen atoms in total. The topological polar surface area (TPSA) is 38.1 Å². The highest BCUT2D eigenvalue weighted by Crippen LogP contribution is 2.31. The van der Waals surface area contributed by atoms with E-state index in [2.05, 4.69) is 58.9 Å². The predicted molar refractivity (Wildman–Crippen MR) is 134 cm³/mol. The zero-order chi connectivity index (χ0) is 22.6. The molecule has 1 aromatic heterocycles. The third-order valence-corrected chi connectivity index (χ3v) is 7.86. The Balaban J connectivity index is 1.47. The number of amides is 1. The number of hydrogen-bond donors (Lipinski definition) is 0. The van der Waals surface area contributed by atoms with E-state index in [-0.39, 0.29) is 0 Å². The van der Waals surface area contributed by atoms with Crippen LogP contribution in [0.4, 0.5) is 0 Å². The van der Waals surface area contributed by atoms with Crippen LogP contribution in [0.2, 0.25) is 0 Å². The van der Waals surface area contributed by atoms with E-state index in [0.717, 1.165) is 23.3 Å². The largest absolute Gasteiger partial charge is 0.335 e. The van der Waals surface area contributed by atoms with Gasteiger partial charge < -0.3 is 9.47 Å². The number of fused-ring (bicyclic) bond motifs is 1. The standard InChI is InChI=1S/C29H37N3O/c1-22-12-8-9-13-23(22)20-28-30-26-18-10-11-19-27(26)31(28)21-29(33)32(24-14-4-2-5-15-24)25-16-6-3-7-17-25/h8-13,18-19,24-25H,2-7,14-17,20-21H2,1H3. The van der Waals surface area contributed by atoms with Crippen LogP contribution >= 0.6 is 0 Å². The average molecular weight is 444 g/mol. The number of aryl methyl sites for hydroxylation is 1. The third kappa shape index (κ3) is 4.85. The van der Waals surface area contributed by atoms with Gasteiger partial charge >= 0.3 is 0 Å². The lowest BCUT2D eigenvalue weighted by Gasteiger charge is -2.42. The van der Waals surface area contributed by atoms with Crippen LogP contribution < -0.4 is 0 Å². The molecule has 3 aromatic rings. The van der Waals surface area contributed by atoms with Crippen LogP contribution in [-0.2, 0) is 17.8 Å². The monoisotopic (exact) mass is 443 g/mol. The highest BCUT2D eigenvalue weighted by molar-refractivity contribution is 5.81. The van der Waals surface area contributed by atoms with Crippen LogP contribution in [0.1, 0.15) is 81.2 Å². The Morgan fingerprint density at radius 2 is 1.48 bits per heavy atom. The molecular weight excluding hydrogens is 406 g/mol. The molecule has 174 valence electrons. The van der Waals surface area contributed by atoms with Crippen molar-refractivity contribution in [3.8, 4) is 0 Å². The molecule has 2 aliphatic rings. The molecule has 0 unspecified atom stereocenters. The molecule has 0 spiro atoms. The van der Waals surface area contributed by atoms with E-state index < -0.39 is 0 Å². The second kappa shape index (κ2) is 10.1. The Labute approximate surface area is 198 Å². The van der Waals surface area contributed by atoms with Gasteiger partial charge in [-0.1, -0.05) is 74.9 Å². The first kappa shape index (κ1) is 22.2. The fourth-order valence-corrected chi connectivity index (χ4v) is 6.06. The summed E-state index contributed by atoms with van der Waals surface area (Å²) >= 11 is 0. The van der Waals surface area contributed by atoms with Gasteiger partial charge in [0.1, 0.15) is 12.4 Å². The van der Waals surface area contributed by atoms with Crippen LogP contribution in [0.3, 0.4) is 0 Å². The van der Waals surface area contributed by atoms with Gasteiger partial charge in [-0.3, -0.25) is 4.79 Å². The highest BCUT2D eigenvalue weighted by Gasteiger charge is 2.33. The van der Waals surface area contributed by atoms with Crippen molar-refractivity contribution in [2.75, 3.05) is 0 Å². The second-order valence-corrected chi connectivity index (χ2v) is 10.1. The van der Waals surface area contributed by atoms with E-state index in [4.69, 9.17) is 4.98 Å². The van der Waals surface area contributed by atoms with Crippen LogP contribution in [0, 0.1) is 6.92 Å². The lowest BCUT2D eigenvalue weighted by Crippen LogP contribution is -2.50. The van der Waals surface area contributed by atoms with Crippen molar-refractivity contribution in [3.05, 3.63) is 65.5 Å². The van der Waals surface area contributed by atoms with Gasteiger partial charge in [0.05, 0.1) is 11.0 Å². The molecule has 2 aromatic carbocycles. The molecule has 2 saturated carbocycles. The molecule has 1 amide bonds. The summed E-state index contributed by atoms with van der Waals surface area (Å²) in [6.07, 6.45) is 13.1. The minimum Gasteiger partial charge on any atom is -0.335 e. The number of carbonyl (C=O) groups excluding carboxylic acids is 1. The summed E-state index contributed by atoms with van der Waals surface area (Å²) in [5.74, 6) is 1.29. The Morgan fingerprint density at radius 3 is 2.15 bits per heavy atom. The molecular formula is C29H37N3O. The molecule has 0 N–H and O–H groups in total. The minimum absolute atomic E-state index is 0.294. The van der Waals surface area contributed by atoms with E-state index >= 15 is 0 Å². The maximum absolute atomic E-state index is 14.0. The number of imidazole rings is 1. The van der Waals surface area contributed by atoms with Gasteiger partial charge in [0.25, 0.3) is 0 Å². The average Bonchev–Trinajstić information content (AvgIpc) is 3.19. The molecule has 0 atom stereocenters. The quantitative estimate of drug-likeness (QED) is 0.440. The molecule has 2 fully saturated rings. The van der Waals surface area contributed by atoms with Crippen LogP contribution in [0.25, 0.3) is 11.0 Å². The van der Waals surface area contributed by atoms with E-state index in [1.165, 1.54) is 75.3 Å². The van der Waals surface area contributed by atoms with E-state index in [9.17, 15) is 4.79 Å². The number of aromatic nitrogens is 2. The summed E-state index contributed by atoms with van der Waals surface area (Å²) in [6.45, 7) is 2.55. The fourth-order valence-electron chi connectivity index (χ4n) is 6.06. The van der Waals surface area contributed by atoms with Gasteiger partial charge in [0, 0.05) is 18.5 Å². The van der Waals surface area contributed by atoms with Crippen molar-refractivity contribution in [2.24, 2.45) is 0 Å². The van der Waals surface area contributed by atoms with Crippen molar-refractivity contribution in [1.82, 2.24) is 14.5 Å². The lowest BCUT2D eigenvalue weighted by molar-refractivity contribution is -0.138. The Kier molecular flexibility index (Phi) is 6.80. The number of benzene rings is 2. The normalized spacial score (nSPS) is 18.0. The maximum atomic E-state index is 14.0. The summed E-state index contributed by atoms with van der Waals surface area (Å²) < 4.78 is 2.20. The maximum Gasteiger partial charge on any atom is 0.243 e. The van der Waals surface area contributed by atoms with E-state index in [1.807, 2.05) is 6.07 Å². The first-order chi connectivity index (χ1) is 16.2. The molecule has 0 radical (unpaired) electrons. The summed E-state index contributed by atoms with van der Waals surface area (Å²) in [6, 6.07) is 17.6. The molecule has 0 bridgehead atoms. The van der Waals surface area contributed by atoms with Gasteiger partial charge in [0.2, 0.25) is 5.91 Å². The molecule has 0 aliphatic heterocycles. The second-order valence-electron chi connectivity index (χ2n) is 10.1. The fraction of sp³-hybridized carbons (Fsp3) is 0.517. The SMILES string of the molecule is Cc1ccccc1Cc1nc2ccccc2n1CC(=O)N(C1CCCCC1)C1CCCCC1. The summed E-state index contributed by atoms with van der Waals surface area (Å²) in [5, 5.41) is 0. The Morgan fingerprint density at radius 1 is 0.879 bits per heavy atom. The zero-order valence-corrected chi connectivity index (χ0v) is 20.0. The number of hydrogen-bond acceptors (Lipinski definition) is 2. The van der Waals surface area contributed by atoms with Crippen molar-refractivity contribution in [1.29, 1.82) is 0 Å². The Bertz CT molecular complexity index is 1070. The lowest BCUT2D eigenvalue weighted by atomic mass is 9.88. The van der Waals surface area contributed by atoms with Crippen LogP contribution in [0.15, 0.2) is 48.5 Å². The molecule has 5 rings (SSSR count). The minimum atomic E-state index is 0.294. The van der Waals surface area contributed by atoms with Gasteiger partial charge in [-0.25, -0.2) is 4.98 Å². The first-order valence-electron chi connectivity index (χ1n) is 13.0. The third-order valence-electron chi connectivity index (χ3n) is 7.86. The van der Waals surface area contributed by atoms with Crippen molar-refractivity contribution >= 4 is 16.9 Å². The predicted octanol–water partition coefficient (Wildman–Crippen LogP) is 6.43. The summed E-state index contributed by atoms with van der Waals surface area (Å²) in [4.78, 5) is 21.3. The van der Waals surface area contributed by atoms with Crippen LogP contribution in [-0.4, -0.2) is 32.4 Å². The molecule has 0 saturated heterocycles. The molecule has 33 heavy (non-hydrogen) atoms. The smallest absolute Gasteiger partial charge is 0.243 e. The zero-order valence-electron chi connectivity index (χ0n) is 20.0. The molecule has 2 aliphatic carbocycles. The number of carbonyl (C=O) groups is 1. The summed E-state index contributed by atoms with van der Waals surface area (Å²) in [5.41, 5.74) is 4.60. The van der Waals surface area contributed by atoms with E-state index in [1.54, 1.807) is 0 Å². The molecule has 4 heteroatoms. The van der Waals surface area contributed by atoms with E-state index in [0.29, 0.717) is 24.5 Å². The number of rotatable bonds is 6. The van der Waals surface area contributed by atoms with Gasteiger partial charge in [-0.15, -0.1) is 0 Å². The van der Waals surface area contributed by atoms with Gasteiger partial charge in [-0.2, -0.15) is 0 Å². The van der Waals surface area contributed by atoms with Gasteiger partial charge in [0.15, 0.2) is 0 Å². The summed E-state index contributed by atoms with van der Waals surface area (Å²) in [7, 11) is 0. The first-order valence-corrected chi connectivity index (χ1v) is 13.0. The van der Waals surface area contributed by atoms with Gasteiger partial charge in [-0.05, 0) is 55.9 Å². The number of nitrogens with zero attached hydrogens (tertiary/aromatic N) is 3. The molecule has 1 heterocycles. The Hall–Kier alpha value is -2.62. The van der Waals surface area contributed by atoms with Crippen molar-refractivity contribution in [2.45, 2.75) is 96.2 Å². The van der Waals surface area contributed by atoms with Crippen molar-refractivity contribution < 1.29 is 4.79 Å². The highest BCUT2D eigenvalue weighted by atomic mass is 16.2. The number of para-hydroxylation sites is 2.